The van der Waals surface area contributed by atoms with Crippen LogP contribution >= 0.6 is 22.7 Å². The minimum atomic E-state index is -0.356. The van der Waals surface area contributed by atoms with Crippen molar-refractivity contribution in [1.29, 1.82) is 0 Å². The van der Waals surface area contributed by atoms with E-state index in [2.05, 4.69) is 20.6 Å². The van der Waals surface area contributed by atoms with Gasteiger partial charge in [0.1, 0.15) is 28.9 Å². The van der Waals surface area contributed by atoms with Gasteiger partial charge in [-0.15, -0.1) is 22.7 Å². The van der Waals surface area contributed by atoms with Crippen LogP contribution in [0, 0.1) is 5.82 Å². The summed E-state index contributed by atoms with van der Waals surface area (Å²) in [5, 5.41) is 10.1. The molecule has 2 amide bonds. The van der Waals surface area contributed by atoms with Crippen molar-refractivity contribution in [1.82, 2.24) is 15.3 Å². The normalized spacial score (nSPS) is 10.6. The van der Waals surface area contributed by atoms with Crippen LogP contribution in [0.15, 0.2) is 59.3 Å². The second kappa shape index (κ2) is 10.3. The van der Waals surface area contributed by atoms with Gasteiger partial charge < -0.3 is 10.1 Å². The SMILES string of the molecule is CC(=O)NCc1ccc(-c2csc(NC(=O)c3csc(COc4ccc(F)cc4)n3)n2)cc1. The van der Waals surface area contributed by atoms with Gasteiger partial charge in [0.2, 0.25) is 5.91 Å². The predicted octanol–water partition coefficient (Wildman–Crippen LogP) is 4.87. The molecule has 0 spiro atoms. The average Bonchev–Trinajstić information content (AvgIpc) is 3.48. The van der Waals surface area contributed by atoms with E-state index in [1.807, 2.05) is 29.6 Å². The van der Waals surface area contributed by atoms with Crippen molar-refractivity contribution >= 4 is 39.6 Å². The summed E-state index contributed by atoms with van der Waals surface area (Å²) in [5.41, 5.74) is 2.91. The van der Waals surface area contributed by atoms with E-state index >= 15 is 0 Å². The minimum absolute atomic E-state index is 0.0772. The van der Waals surface area contributed by atoms with Gasteiger partial charge in [-0.1, -0.05) is 24.3 Å². The molecule has 0 saturated carbocycles. The largest absolute Gasteiger partial charge is 0.486 e. The Bertz CT molecular complexity index is 1250. The molecule has 4 aromatic rings. The number of benzene rings is 2. The Hall–Kier alpha value is -3.63. The number of ether oxygens (including phenoxy) is 1. The number of hydrogen-bond donors (Lipinski definition) is 2. The molecular formula is C23H19FN4O3S2. The minimum Gasteiger partial charge on any atom is -0.486 e. The fraction of sp³-hybridized carbons (Fsp3) is 0.130. The number of carbonyl (C=O) groups is 2. The van der Waals surface area contributed by atoms with Crippen molar-refractivity contribution < 1.29 is 18.7 Å². The number of thiazole rings is 2. The van der Waals surface area contributed by atoms with E-state index in [4.69, 9.17) is 4.74 Å². The van der Waals surface area contributed by atoms with Gasteiger partial charge in [0, 0.05) is 29.8 Å². The van der Waals surface area contributed by atoms with Crippen molar-refractivity contribution in [2.45, 2.75) is 20.1 Å². The van der Waals surface area contributed by atoms with Crippen LogP contribution in [0.4, 0.5) is 9.52 Å². The van der Waals surface area contributed by atoms with Gasteiger partial charge >= 0.3 is 0 Å². The summed E-state index contributed by atoms with van der Waals surface area (Å²) >= 11 is 2.63. The lowest BCUT2D eigenvalue weighted by molar-refractivity contribution is -0.119. The Balaban J connectivity index is 1.33. The van der Waals surface area contributed by atoms with Gasteiger partial charge in [0.25, 0.3) is 5.91 Å². The lowest BCUT2D eigenvalue weighted by atomic mass is 10.1. The van der Waals surface area contributed by atoms with Gasteiger partial charge in [0.05, 0.1) is 5.69 Å². The third-order valence-electron chi connectivity index (χ3n) is 4.48. The van der Waals surface area contributed by atoms with E-state index in [1.54, 1.807) is 5.38 Å². The maximum atomic E-state index is 13.0. The molecule has 0 atom stereocenters. The van der Waals surface area contributed by atoms with Crippen molar-refractivity contribution in [3.8, 4) is 17.0 Å². The smallest absolute Gasteiger partial charge is 0.276 e. The summed E-state index contributed by atoms with van der Waals surface area (Å²) in [6.45, 7) is 2.13. The molecule has 2 aromatic carbocycles. The number of halogens is 1. The van der Waals surface area contributed by atoms with Crippen molar-refractivity contribution in [2.24, 2.45) is 0 Å². The summed E-state index contributed by atoms with van der Waals surface area (Å²) in [4.78, 5) is 32.3. The van der Waals surface area contributed by atoms with E-state index in [-0.39, 0.29) is 29.9 Å². The molecule has 4 rings (SSSR count). The Morgan fingerprint density at radius 1 is 1.00 bits per heavy atom. The molecule has 7 nitrogen and oxygen atoms in total. The summed E-state index contributed by atoms with van der Waals surface area (Å²) < 4.78 is 18.5. The van der Waals surface area contributed by atoms with Crippen LogP contribution in [0.2, 0.25) is 0 Å². The first-order valence-electron chi connectivity index (χ1n) is 9.89. The zero-order chi connectivity index (χ0) is 23.2. The van der Waals surface area contributed by atoms with E-state index in [0.717, 1.165) is 16.8 Å². The topological polar surface area (TPSA) is 93.2 Å². The van der Waals surface area contributed by atoms with E-state index in [9.17, 15) is 14.0 Å². The second-order valence-electron chi connectivity index (χ2n) is 6.97. The number of rotatable bonds is 8. The number of nitrogens with one attached hydrogen (secondary N) is 2. The predicted molar refractivity (Wildman–Crippen MR) is 126 cm³/mol. The van der Waals surface area contributed by atoms with Gasteiger partial charge in [-0.25, -0.2) is 14.4 Å². The standard InChI is InChI=1S/C23H19FN4O3S2/c1-14(29)25-10-15-2-4-16(5-3-15)19-12-33-23(27-19)28-22(30)20-13-32-21(26-20)11-31-18-8-6-17(24)7-9-18/h2-9,12-13H,10-11H2,1H3,(H,25,29)(H,27,28,30). The summed E-state index contributed by atoms with van der Waals surface area (Å²) in [6.07, 6.45) is 0. The Morgan fingerprint density at radius 3 is 2.48 bits per heavy atom. The third-order valence-corrected chi connectivity index (χ3v) is 6.06. The number of aromatic nitrogens is 2. The fourth-order valence-corrected chi connectivity index (χ4v) is 4.20. The lowest BCUT2D eigenvalue weighted by Crippen LogP contribution is -2.18. The number of carbonyl (C=O) groups excluding carboxylic acids is 2. The summed E-state index contributed by atoms with van der Waals surface area (Å²) in [7, 11) is 0. The third kappa shape index (κ3) is 6.21. The molecule has 2 heterocycles. The average molecular weight is 483 g/mol. The van der Waals surface area contributed by atoms with Crippen LogP contribution in [-0.4, -0.2) is 21.8 Å². The van der Waals surface area contributed by atoms with Crippen LogP contribution in [0.5, 0.6) is 5.75 Å². The maximum absolute atomic E-state index is 13.0. The molecular weight excluding hydrogens is 463 g/mol. The van der Waals surface area contributed by atoms with Crippen LogP contribution in [0.25, 0.3) is 11.3 Å². The highest BCUT2D eigenvalue weighted by Crippen LogP contribution is 2.26. The Labute approximate surface area is 197 Å². The van der Waals surface area contributed by atoms with E-state index < -0.39 is 0 Å². The fourth-order valence-electron chi connectivity index (χ4n) is 2.80. The van der Waals surface area contributed by atoms with Gasteiger partial charge in [0.15, 0.2) is 5.13 Å². The molecule has 2 N–H and O–H groups in total. The zero-order valence-corrected chi connectivity index (χ0v) is 19.1. The highest BCUT2D eigenvalue weighted by atomic mass is 32.1. The number of amides is 2. The van der Waals surface area contributed by atoms with Gasteiger partial charge in [-0.3, -0.25) is 14.9 Å². The molecule has 0 unspecified atom stereocenters. The summed E-state index contributed by atoms with van der Waals surface area (Å²) in [6, 6.07) is 13.4. The first-order valence-corrected chi connectivity index (χ1v) is 11.7. The molecule has 0 radical (unpaired) electrons. The molecule has 0 saturated heterocycles. The first kappa shape index (κ1) is 22.6. The van der Waals surface area contributed by atoms with Crippen LogP contribution in [-0.2, 0) is 17.9 Å². The highest BCUT2D eigenvalue weighted by molar-refractivity contribution is 7.14. The zero-order valence-electron chi connectivity index (χ0n) is 17.5. The molecule has 2 aromatic heterocycles. The molecule has 10 heteroatoms. The highest BCUT2D eigenvalue weighted by Gasteiger charge is 2.14. The van der Waals surface area contributed by atoms with Crippen molar-refractivity contribution in [2.75, 3.05) is 5.32 Å². The number of anilines is 1. The van der Waals surface area contributed by atoms with Crippen molar-refractivity contribution in [3.05, 3.63) is 81.4 Å². The second-order valence-corrected chi connectivity index (χ2v) is 8.77. The van der Waals surface area contributed by atoms with Crippen LogP contribution < -0.4 is 15.4 Å². The summed E-state index contributed by atoms with van der Waals surface area (Å²) in [5.74, 6) is -0.242. The quantitative estimate of drug-likeness (QED) is 0.374. The molecule has 33 heavy (non-hydrogen) atoms. The Morgan fingerprint density at radius 2 is 1.76 bits per heavy atom. The van der Waals surface area contributed by atoms with Crippen LogP contribution in [0.3, 0.4) is 0 Å². The molecule has 0 bridgehead atoms. The molecule has 0 fully saturated rings. The van der Waals surface area contributed by atoms with Gasteiger partial charge in [-0.2, -0.15) is 0 Å². The Kier molecular flexibility index (Phi) is 7.06. The number of hydrogen-bond acceptors (Lipinski definition) is 7. The molecule has 0 aliphatic heterocycles. The van der Waals surface area contributed by atoms with Gasteiger partial charge in [-0.05, 0) is 29.8 Å². The lowest BCUT2D eigenvalue weighted by Gasteiger charge is -2.03. The molecule has 168 valence electrons. The van der Waals surface area contributed by atoms with Crippen LogP contribution in [0.1, 0.15) is 28.0 Å². The molecule has 0 aliphatic carbocycles. The van der Waals surface area contributed by atoms with Crippen molar-refractivity contribution in [3.63, 3.8) is 0 Å². The first-order chi connectivity index (χ1) is 16.0. The molecule has 0 aliphatic rings. The maximum Gasteiger partial charge on any atom is 0.276 e. The van der Waals surface area contributed by atoms with E-state index in [1.165, 1.54) is 53.9 Å². The van der Waals surface area contributed by atoms with E-state index in [0.29, 0.717) is 22.4 Å². The monoisotopic (exact) mass is 482 g/mol. The number of nitrogens with zero attached hydrogens (tertiary/aromatic N) is 2.